The Labute approximate surface area is 153 Å². The van der Waals surface area contributed by atoms with Crippen LogP contribution in [0.3, 0.4) is 0 Å². The molecule has 1 spiro atoms. The lowest BCUT2D eigenvalue weighted by atomic mass is 9.85. The normalized spacial score (nSPS) is 22.8. The molecular formula is C18H22N4O3S. The number of hydrogen-bond acceptors (Lipinski definition) is 6. The number of sulfonamides is 1. The molecule has 1 fully saturated rings. The lowest BCUT2D eigenvalue weighted by molar-refractivity contribution is 0.297. The van der Waals surface area contributed by atoms with Gasteiger partial charge in [-0.3, -0.25) is 14.2 Å². The van der Waals surface area contributed by atoms with Gasteiger partial charge in [0.15, 0.2) is 0 Å². The predicted molar refractivity (Wildman–Crippen MR) is 98.8 cm³/mol. The molecule has 0 unspecified atom stereocenters. The molecule has 1 atom stereocenters. The van der Waals surface area contributed by atoms with Crippen molar-refractivity contribution in [2.45, 2.75) is 18.4 Å². The van der Waals surface area contributed by atoms with Gasteiger partial charge in [0.25, 0.3) is 0 Å². The van der Waals surface area contributed by atoms with Gasteiger partial charge in [-0.1, -0.05) is 6.07 Å². The van der Waals surface area contributed by atoms with Crippen molar-refractivity contribution in [3.63, 3.8) is 0 Å². The monoisotopic (exact) mass is 374 g/mol. The van der Waals surface area contributed by atoms with Gasteiger partial charge in [-0.15, -0.1) is 0 Å². The zero-order valence-electron chi connectivity index (χ0n) is 14.9. The first-order valence-electron chi connectivity index (χ1n) is 8.56. The summed E-state index contributed by atoms with van der Waals surface area (Å²) < 4.78 is 31.4. The minimum atomic E-state index is -3.32. The summed E-state index contributed by atoms with van der Waals surface area (Å²) in [6.07, 6.45) is 5.61. The van der Waals surface area contributed by atoms with E-state index in [0.717, 1.165) is 43.0 Å². The zero-order valence-corrected chi connectivity index (χ0v) is 15.7. The Hall–Kier alpha value is -2.19. The minimum Gasteiger partial charge on any atom is -0.481 e. The van der Waals surface area contributed by atoms with E-state index >= 15 is 0 Å². The molecule has 2 aromatic rings. The Morgan fingerprint density at radius 3 is 2.73 bits per heavy atom. The van der Waals surface area contributed by atoms with E-state index < -0.39 is 10.0 Å². The number of anilines is 1. The van der Waals surface area contributed by atoms with Crippen molar-refractivity contribution >= 4 is 15.7 Å². The molecule has 0 aliphatic carbocycles. The average molecular weight is 374 g/mol. The van der Waals surface area contributed by atoms with Crippen LogP contribution in [-0.4, -0.2) is 56.3 Å². The molecule has 0 N–H and O–H groups in total. The van der Waals surface area contributed by atoms with Crippen molar-refractivity contribution in [3.8, 4) is 5.88 Å². The van der Waals surface area contributed by atoms with Crippen molar-refractivity contribution in [3.05, 3.63) is 47.9 Å². The number of nitrogens with zero attached hydrogens (tertiary/aromatic N) is 4. The number of likely N-dealkylation sites (tertiary alicyclic amines) is 1. The highest BCUT2D eigenvalue weighted by molar-refractivity contribution is 7.92. The molecule has 7 nitrogen and oxygen atoms in total. The second-order valence-corrected chi connectivity index (χ2v) is 8.96. The van der Waals surface area contributed by atoms with E-state index in [1.54, 1.807) is 25.6 Å². The maximum Gasteiger partial charge on any atom is 0.232 e. The molecule has 4 rings (SSSR count). The topological polar surface area (TPSA) is 75.6 Å². The van der Waals surface area contributed by atoms with Crippen LogP contribution in [0.1, 0.15) is 17.7 Å². The fraction of sp³-hybridized carbons (Fsp3) is 0.444. The molecule has 2 aliphatic heterocycles. The molecule has 26 heavy (non-hydrogen) atoms. The van der Waals surface area contributed by atoms with E-state index in [0.29, 0.717) is 12.4 Å². The summed E-state index contributed by atoms with van der Waals surface area (Å²) in [6.45, 7) is 2.82. The van der Waals surface area contributed by atoms with Gasteiger partial charge in [0, 0.05) is 43.0 Å². The van der Waals surface area contributed by atoms with E-state index in [4.69, 9.17) is 4.74 Å². The Kier molecular flexibility index (Phi) is 4.11. The standard InChI is InChI=1S/C18H22N4O3S/c1-25-17-14(5-3-9-20-17)11-21-10-7-18(12-21)13-22(26(2,23)24)15-6-4-8-19-16(15)18/h3-6,8-9H,7,10-13H2,1-2H3/t18-/m0/s1. The van der Waals surface area contributed by atoms with Crippen LogP contribution in [0.2, 0.25) is 0 Å². The van der Waals surface area contributed by atoms with Gasteiger partial charge in [-0.2, -0.15) is 0 Å². The molecule has 4 heterocycles. The van der Waals surface area contributed by atoms with Gasteiger partial charge in [0.05, 0.1) is 24.7 Å². The summed E-state index contributed by atoms with van der Waals surface area (Å²) in [4.78, 5) is 11.1. The second kappa shape index (κ2) is 6.21. The van der Waals surface area contributed by atoms with Gasteiger partial charge >= 0.3 is 0 Å². The van der Waals surface area contributed by atoms with Gasteiger partial charge in [0.2, 0.25) is 15.9 Å². The van der Waals surface area contributed by atoms with Crippen molar-refractivity contribution in [2.24, 2.45) is 0 Å². The van der Waals surface area contributed by atoms with Crippen molar-refractivity contribution < 1.29 is 13.2 Å². The summed E-state index contributed by atoms with van der Waals surface area (Å²) >= 11 is 0. The van der Waals surface area contributed by atoms with Crippen LogP contribution in [0.25, 0.3) is 0 Å². The third kappa shape index (κ3) is 2.83. The van der Waals surface area contributed by atoms with E-state index in [1.807, 2.05) is 18.2 Å². The summed E-state index contributed by atoms with van der Waals surface area (Å²) in [7, 11) is -1.70. The average Bonchev–Trinajstić information content (AvgIpc) is 3.18. The molecule has 0 bridgehead atoms. The zero-order chi connectivity index (χ0) is 18.4. The Balaban J connectivity index is 1.62. The largest absolute Gasteiger partial charge is 0.481 e. The fourth-order valence-electron chi connectivity index (χ4n) is 4.12. The summed E-state index contributed by atoms with van der Waals surface area (Å²) in [5.74, 6) is 0.635. The smallest absolute Gasteiger partial charge is 0.232 e. The summed E-state index contributed by atoms with van der Waals surface area (Å²) in [5.41, 5.74) is 2.39. The highest BCUT2D eigenvalue weighted by atomic mass is 32.2. The number of methoxy groups -OCH3 is 1. The highest BCUT2D eigenvalue weighted by Gasteiger charge is 2.50. The van der Waals surface area contributed by atoms with Crippen molar-refractivity contribution in [1.82, 2.24) is 14.9 Å². The number of aromatic nitrogens is 2. The Morgan fingerprint density at radius 2 is 1.96 bits per heavy atom. The van der Waals surface area contributed by atoms with Crippen molar-refractivity contribution in [2.75, 3.05) is 37.3 Å². The molecule has 138 valence electrons. The van der Waals surface area contributed by atoms with Gasteiger partial charge < -0.3 is 4.74 Å². The van der Waals surface area contributed by atoms with E-state index in [2.05, 4.69) is 14.9 Å². The number of fused-ring (bicyclic) bond motifs is 2. The van der Waals surface area contributed by atoms with Gasteiger partial charge in [-0.05, 0) is 31.2 Å². The Bertz CT molecular complexity index is 934. The first kappa shape index (κ1) is 17.2. The molecular weight excluding hydrogens is 352 g/mol. The molecule has 0 aromatic carbocycles. The minimum absolute atomic E-state index is 0.255. The predicted octanol–water partition coefficient (Wildman–Crippen LogP) is 1.41. The maximum atomic E-state index is 12.3. The molecule has 1 saturated heterocycles. The van der Waals surface area contributed by atoms with E-state index in [-0.39, 0.29) is 5.41 Å². The van der Waals surface area contributed by atoms with Crippen LogP contribution in [-0.2, 0) is 22.0 Å². The SMILES string of the molecule is COc1ncccc1CN1CC[C@]2(C1)CN(S(C)(=O)=O)c1cccnc12. The van der Waals surface area contributed by atoms with Crippen LogP contribution in [0, 0.1) is 0 Å². The van der Waals surface area contributed by atoms with Gasteiger partial charge in [-0.25, -0.2) is 13.4 Å². The molecule has 2 aromatic heterocycles. The number of ether oxygens (including phenoxy) is 1. The lowest BCUT2D eigenvalue weighted by Gasteiger charge is -2.25. The van der Waals surface area contributed by atoms with E-state index in [9.17, 15) is 8.42 Å². The van der Waals surface area contributed by atoms with Gasteiger partial charge in [0.1, 0.15) is 0 Å². The van der Waals surface area contributed by atoms with Crippen LogP contribution < -0.4 is 9.04 Å². The molecule has 8 heteroatoms. The maximum absolute atomic E-state index is 12.3. The summed E-state index contributed by atoms with van der Waals surface area (Å²) in [6, 6.07) is 7.57. The lowest BCUT2D eigenvalue weighted by Crippen LogP contribution is -2.38. The Morgan fingerprint density at radius 1 is 1.19 bits per heavy atom. The first-order valence-corrected chi connectivity index (χ1v) is 10.4. The summed E-state index contributed by atoms with van der Waals surface area (Å²) in [5, 5.41) is 0. The first-order chi connectivity index (χ1) is 12.4. The van der Waals surface area contributed by atoms with Crippen molar-refractivity contribution in [1.29, 1.82) is 0 Å². The molecule has 0 saturated carbocycles. The molecule has 0 radical (unpaired) electrons. The van der Waals surface area contributed by atoms with Crippen LogP contribution in [0.5, 0.6) is 5.88 Å². The fourth-order valence-corrected chi connectivity index (χ4v) is 5.11. The third-order valence-corrected chi connectivity index (χ3v) is 6.40. The molecule has 2 aliphatic rings. The van der Waals surface area contributed by atoms with Crippen LogP contribution in [0.4, 0.5) is 5.69 Å². The quantitative estimate of drug-likeness (QED) is 0.805. The molecule has 0 amide bonds. The number of rotatable bonds is 4. The second-order valence-electron chi connectivity index (χ2n) is 7.05. The van der Waals surface area contributed by atoms with Crippen LogP contribution in [0.15, 0.2) is 36.7 Å². The van der Waals surface area contributed by atoms with Crippen LogP contribution >= 0.6 is 0 Å². The number of hydrogen-bond donors (Lipinski definition) is 0. The number of pyridine rings is 2. The third-order valence-electron chi connectivity index (χ3n) is 5.27. The van der Waals surface area contributed by atoms with E-state index in [1.165, 1.54) is 10.6 Å². The highest BCUT2D eigenvalue weighted by Crippen LogP contribution is 2.46.